The standard InChI is InChI=1S/C47H76N4O6/c1-10-15-33(41(55)39(54)24-31-18-19-31)25-37(52)35-27-47(45(7,8)46(47)20-14-21-46)29-51(35)43(57)34(44(4,5)6)26-38(53)40(32-16-12-11-13-17-32)48-42(56)36-28-50(30(2)3)23-22-49(36)9/h30-36,40H,10-29H2,1-9H3,(H,48,56)/t33-,34-,35+,36+,40+,47-/m1/s1. The van der Waals surface area contributed by atoms with E-state index in [1.807, 2.05) is 39.6 Å². The summed E-state index contributed by atoms with van der Waals surface area (Å²) >= 11 is 0. The van der Waals surface area contributed by atoms with E-state index in [1.54, 1.807) is 0 Å². The van der Waals surface area contributed by atoms with Crippen molar-refractivity contribution in [2.75, 3.05) is 33.2 Å². The Morgan fingerprint density at radius 2 is 1.51 bits per heavy atom. The maximum absolute atomic E-state index is 15.3. The topological polar surface area (TPSA) is 124 Å². The molecule has 4 aliphatic carbocycles. The maximum atomic E-state index is 15.3. The third-order valence-corrected chi connectivity index (χ3v) is 16.6. The summed E-state index contributed by atoms with van der Waals surface area (Å²) in [5.74, 6) is -2.32. The van der Waals surface area contributed by atoms with Gasteiger partial charge in [-0.3, -0.25) is 38.6 Å². The van der Waals surface area contributed by atoms with Crippen molar-refractivity contribution in [3.05, 3.63) is 0 Å². The van der Waals surface area contributed by atoms with E-state index in [9.17, 15) is 24.0 Å². The Kier molecular flexibility index (Phi) is 13.1. The molecule has 6 rings (SSSR count). The molecule has 0 radical (unpaired) electrons. The molecular weight excluding hydrogens is 717 g/mol. The lowest BCUT2D eigenvalue weighted by atomic mass is 9.73. The van der Waals surface area contributed by atoms with E-state index in [2.05, 4.69) is 42.8 Å². The predicted molar refractivity (Wildman–Crippen MR) is 222 cm³/mol. The average Bonchev–Trinajstić information content (AvgIpc) is 3.97. The molecule has 0 bridgehead atoms. The molecule has 0 unspecified atom stereocenters. The second-order valence-corrected chi connectivity index (χ2v) is 21.5. The molecule has 2 spiro atoms. The predicted octanol–water partition coefficient (Wildman–Crippen LogP) is 6.81. The van der Waals surface area contributed by atoms with Gasteiger partial charge in [-0.1, -0.05) is 73.6 Å². The van der Waals surface area contributed by atoms with Crippen LogP contribution in [0.3, 0.4) is 0 Å². The van der Waals surface area contributed by atoms with Crippen LogP contribution in [0.15, 0.2) is 0 Å². The lowest BCUT2D eigenvalue weighted by Gasteiger charge is -2.41. The van der Waals surface area contributed by atoms with Gasteiger partial charge in [-0.25, -0.2) is 0 Å². The van der Waals surface area contributed by atoms with Crippen LogP contribution in [0.25, 0.3) is 0 Å². The number of Topliss-reactive ketones (excluding diaryl/α,β-unsaturated/α-hetero) is 4. The lowest BCUT2D eigenvalue weighted by molar-refractivity contribution is -0.147. The van der Waals surface area contributed by atoms with Gasteiger partial charge in [0.25, 0.3) is 0 Å². The monoisotopic (exact) mass is 793 g/mol. The summed E-state index contributed by atoms with van der Waals surface area (Å²) in [4.78, 5) is 91.6. The number of hydrogen-bond acceptors (Lipinski definition) is 8. The van der Waals surface area contributed by atoms with E-state index in [0.717, 1.165) is 77.3 Å². The van der Waals surface area contributed by atoms with E-state index in [-0.39, 0.29) is 76.6 Å². The van der Waals surface area contributed by atoms with Gasteiger partial charge in [0.2, 0.25) is 17.6 Å². The molecule has 4 saturated carbocycles. The van der Waals surface area contributed by atoms with Crippen molar-refractivity contribution in [2.45, 2.75) is 182 Å². The Hall–Kier alpha value is -2.46. The fourth-order valence-electron chi connectivity index (χ4n) is 12.2. The molecule has 2 saturated heterocycles. The van der Waals surface area contributed by atoms with Crippen molar-refractivity contribution in [1.29, 1.82) is 0 Å². The highest BCUT2D eigenvalue weighted by Gasteiger charge is 2.85. The van der Waals surface area contributed by atoms with Crippen LogP contribution in [0, 0.1) is 45.3 Å². The van der Waals surface area contributed by atoms with Gasteiger partial charge in [-0.2, -0.15) is 0 Å². The second kappa shape index (κ2) is 16.9. The third kappa shape index (κ3) is 8.48. The average molecular weight is 793 g/mol. The second-order valence-electron chi connectivity index (χ2n) is 21.5. The summed E-state index contributed by atoms with van der Waals surface area (Å²) in [6.07, 6.45) is 12.1. The Morgan fingerprint density at radius 1 is 0.842 bits per heavy atom. The van der Waals surface area contributed by atoms with Crippen LogP contribution in [0.5, 0.6) is 0 Å². The maximum Gasteiger partial charge on any atom is 0.239 e. The molecule has 2 amide bonds. The SMILES string of the molecule is CCC[C@H](CC(=O)[C@@H]1C[C@@]2(CN1C(=O)[C@@H](CC(=O)[C@@H](NC(=O)[C@@H]1CN(C(C)C)CCN1C)C1CCCCC1)C(C)(C)C)C(C)(C)C21CCC1)C(=O)C(=O)CC1CC1. The number of hydrogen-bond donors (Lipinski definition) is 1. The van der Waals surface area contributed by atoms with Gasteiger partial charge in [-0.15, -0.1) is 0 Å². The quantitative estimate of drug-likeness (QED) is 0.160. The number of rotatable bonds is 17. The fourth-order valence-corrected chi connectivity index (χ4v) is 12.2. The number of likely N-dealkylation sites (tertiary alicyclic amines) is 1. The summed E-state index contributed by atoms with van der Waals surface area (Å²) in [5, 5.41) is 3.27. The summed E-state index contributed by atoms with van der Waals surface area (Å²) in [7, 11) is 1.98. The number of likely N-dealkylation sites (N-methyl/N-ethyl adjacent to an activating group) is 1. The van der Waals surface area contributed by atoms with Gasteiger partial charge in [-0.05, 0) is 100 Å². The van der Waals surface area contributed by atoms with E-state index < -0.39 is 35.1 Å². The first-order valence-electron chi connectivity index (χ1n) is 23.0. The summed E-state index contributed by atoms with van der Waals surface area (Å²) in [6, 6.07) is -1.41. The van der Waals surface area contributed by atoms with Crippen LogP contribution in [0.2, 0.25) is 0 Å². The largest absolute Gasteiger partial charge is 0.345 e. The zero-order valence-electron chi connectivity index (χ0n) is 37.1. The van der Waals surface area contributed by atoms with E-state index in [4.69, 9.17) is 0 Å². The molecule has 2 heterocycles. The summed E-state index contributed by atoms with van der Waals surface area (Å²) < 4.78 is 0. The van der Waals surface area contributed by atoms with Crippen LogP contribution in [0.1, 0.15) is 158 Å². The minimum absolute atomic E-state index is 0.00599. The lowest BCUT2D eigenvalue weighted by Crippen LogP contribution is -2.61. The molecular formula is C47H76N4O6. The number of carbonyl (C=O) groups is 6. The molecule has 0 aromatic rings. The van der Waals surface area contributed by atoms with Gasteiger partial charge in [0.05, 0.1) is 12.1 Å². The first kappa shape index (κ1) is 44.1. The Labute approximate surface area is 343 Å². The smallest absolute Gasteiger partial charge is 0.239 e. The van der Waals surface area contributed by atoms with Crippen molar-refractivity contribution in [3.8, 4) is 0 Å². The Bertz CT molecular complexity index is 1550. The third-order valence-electron chi connectivity index (χ3n) is 16.6. The zero-order valence-corrected chi connectivity index (χ0v) is 37.1. The van der Waals surface area contributed by atoms with E-state index >= 15 is 4.79 Å². The molecule has 10 heteroatoms. The molecule has 0 aromatic heterocycles. The molecule has 2 aliphatic heterocycles. The number of nitrogens with zero attached hydrogens (tertiary/aromatic N) is 3. The highest BCUT2D eigenvalue weighted by molar-refractivity contribution is 6.38. The minimum Gasteiger partial charge on any atom is -0.345 e. The number of piperazine rings is 1. The molecule has 57 heavy (non-hydrogen) atoms. The Morgan fingerprint density at radius 3 is 2.05 bits per heavy atom. The van der Waals surface area contributed by atoms with Crippen LogP contribution >= 0.6 is 0 Å². The molecule has 6 atom stereocenters. The van der Waals surface area contributed by atoms with Crippen molar-refractivity contribution in [3.63, 3.8) is 0 Å². The van der Waals surface area contributed by atoms with Crippen LogP contribution in [-0.2, 0) is 28.8 Å². The number of fused-ring (bicyclic) bond motifs is 1. The first-order chi connectivity index (χ1) is 26.8. The van der Waals surface area contributed by atoms with Gasteiger partial charge in [0.15, 0.2) is 17.3 Å². The van der Waals surface area contributed by atoms with Crippen LogP contribution < -0.4 is 5.32 Å². The van der Waals surface area contributed by atoms with Gasteiger partial charge in [0, 0.05) is 68.7 Å². The highest BCUT2D eigenvalue weighted by Crippen LogP contribution is 2.88. The van der Waals surface area contributed by atoms with Crippen molar-refractivity contribution >= 4 is 34.9 Å². The van der Waals surface area contributed by atoms with Crippen LogP contribution in [0.4, 0.5) is 0 Å². The van der Waals surface area contributed by atoms with E-state index in [0.29, 0.717) is 44.3 Å². The molecule has 6 fully saturated rings. The number of carbonyl (C=O) groups excluding carboxylic acids is 6. The summed E-state index contributed by atoms with van der Waals surface area (Å²) in [6.45, 7) is 19.7. The molecule has 10 nitrogen and oxygen atoms in total. The first-order valence-corrected chi connectivity index (χ1v) is 23.0. The van der Waals surface area contributed by atoms with Crippen molar-refractivity contribution < 1.29 is 28.8 Å². The van der Waals surface area contributed by atoms with Crippen molar-refractivity contribution in [1.82, 2.24) is 20.0 Å². The number of ketones is 4. The molecule has 6 aliphatic rings. The highest BCUT2D eigenvalue weighted by atomic mass is 16.2. The molecule has 0 aromatic carbocycles. The van der Waals surface area contributed by atoms with Gasteiger partial charge < -0.3 is 10.2 Å². The van der Waals surface area contributed by atoms with Crippen LogP contribution in [-0.4, -0.2) is 107 Å². The molecule has 320 valence electrons. The zero-order chi connectivity index (χ0) is 41.7. The van der Waals surface area contributed by atoms with E-state index in [1.165, 1.54) is 0 Å². The number of nitrogens with one attached hydrogen (secondary N) is 1. The molecule has 1 N–H and O–H groups in total. The Balaban J connectivity index is 1.25. The fraction of sp³-hybridized carbons (Fsp3) is 0.872. The summed E-state index contributed by atoms with van der Waals surface area (Å²) in [5.41, 5.74) is -0.734. The van der Waals surface area contributed by atoms with Crippen molar-refractivity contribution in [2.24, 2.45) is 45.3 Å². The normalized spacial score (nSPS) is 29.2. The van der Waals surface area contributed by atoms with Gasteiger partial charge in [0.1, 0.15) is 6.04 Å². The van der Waals surface area contributed by atoms with Gasteiger partial charge >= 0.3 is 0 Å². The number of amides is 2. The minimum atomic E-state index is -0.695.